The van der Waals surface area contributed by atoms with Gasteiger partial charge in [-0.05, 0) is 63.2 Å². The average molecular weight is 697 g/mol. The molecule has 0 saturated heterocycles. The molecule has 0 spiro atoms. The second-order valence-electron chi connectivity index (χ2n) is 16.6. The highest BCUT2D eigenvalue weighted by Gasteiger charge is 2.22. The van der Waals surface area contributed by atoms with Crippen molar-refractivity contribution in [3.63, 3.8) is 0 Å². The molecule has 0 bridgehead atoms. The van der Waals surface area contributed by atoms with Gasteiger partial charge in [-0.2, -0.15) is 0 Å². The van der Waals surface area contributed by atoms with E-state index >= 15 is 0 Å². The molecule has 0 aromatic heterocycles. The third kappa shape index (κ3) is 21.7. The zero-order valence-corrected chi connectivity index (χ0v) is 33.6. The maximum Gasteiger partial charge on any atom is 0.220 e. The van der Waals surface area contributed by atoms with Crippen LogP contribution in [0.3, 0.4) is 0 Å². The Morgan fingerprint density at radius 2 is 0.820 bits per heavy atom. The second-order valence-corrected chi connectivity index (χ2v) is 16.6. The number of unbranched alkanes of at least 4 members (excludes halogenated alkanes) is 16. The number of carbonyl (C=O) groups is 2. The monoisotopic (exact) mass is 697 g/mol. The molecule has 2 rings (SSSR count). The molecular weight excluding hydrogens is 613 g/mol. The number of hydrogen-bond donors (Lipinski definition) is 2. The third-order valence-electron chi connectivity index (χ3n) is 12.1. The van der Waals surface area contributed by atoms with Crippen LogP contribution >= 0.6 is 0 Å². The molecule has 2 aliphatic rings. The predicted octanol–water partition coefficient (Wildman–Crippen LogP) is 13.6. The van der Waals surface area contributed by atoms with Gasteiger partial charge in [-0.25, -0.2) is 0 Å². The van der Waals surface area contributed by atoms with Crippen LogP contribution in [0.2, 0.25) is 0 Å². The first-order valence-electron chi connectivity index (χ1n) is 22.4. The fourth-order valence-electron chi connectivity index (χ4n) is 8.74. The van der Waals surface area contributed by atoms with Crippen LogP contribution in [-0.2, 0) is 9.59 Å². The second kappa shape index (κ2) is 29.9. The molecular formula is C46H84N2O2. The van der Waals surface area contributed by atoms with Crippen molar-refractivity contribution in [2.24, 2.45) is 11.8 Å². The topological polar surface area (TPSA) is 58.2 Å². The number of rotatable bonds is 31. The maximum absolute atomic E-state index is 12.6. The van der Waals surface area contributed by atoms with Gasteiger partial charge in [0.15, 0.2) is 0 Å². The summed E-state index contributed by atoms with van der Waals surface area (Å²) < 4.78 is 0. The summed E-state index contributed by atoms with van der Waals surface area (Å²) in [6.07, 6.45) is 42.2. The van der Waals surface area contributed by atoms with E-state index in [1.165, 1.54) is 178 Å². The molecule has 4 heteroatoms. The van der Waals surface area contributed by atoms with Crippen LogP contribution in [0.1, 0.15) is 232 Å². The highest BCUT2D eigenvalue weighted by atomic mass is 16.2. The number of amides is 2. The van der Waals surface area contributed by atoms with Gasteiger partial charge in [0.05, 0.1) is 0 Å². The molecule has 290 valence electrons. The number of nitrogens with one attached hydrogen (secondary N) is 2. The fourth-order valence-corrected chi connectivity index (χ4v) is 8.74. The van der Waals surface area contributed by atoms with Crippen molar-refractivity contribution in [2.75, 3.05) is 0 Å². The van der Waals surface area contributed by atoms with Gasteiger partial charge in [-0.15, -0.1) is 0 Å². The van der Waals surface area contributed by atoms with E-state index in [0.717, 1.165) is 50.4 Å². The lowest BCUT2D eigenvalue weighted by atomic mass is 9.78. The van der Waals surface area contributed by atoms with Crippen molar-refractivity contribution < 1.29 is 9.59 Å². The minimum absolute atomic E-state index is 0.217. The SMILES string of the molecule is C=C1CCCC[C@@H]1NC(=O)CCCCCCC(CCCCCCCC)C(CCCCCCCC)CCCCCCC(=O)N[C@@H]1CCCCC1=C. The van der Waals surface area contributed by atoms with E-state index in [0.29, 0.717) is 12.8 Å². The molecule has 0 radical (unpaired) electrons. The lowest BCUT2D eigenvalue weighted by Gasteiger charge is -2.28. The summed E-state index contributed by atoms with van der Waals surface area (Å²) in [6.45, 7) is 13.0. The highest BCUT2D eigenvalue weighted by molar-refractivity contribution is 5.77. The van der Waals surface area contributed by atoms with Gasteiger partial charge in [0.1, 0.15) is 0 Å². The molecule has 0 aromatic carbocycles. The number of hydrogen-bond acceptors (Lipinski definition) is 2. The van der Waals surface area contributed by atoms with E-state index in [-0.39, 0.29) is 23.9 Å². The lowest BCUT2D eigenvalue weighted by Crippen LogP contribution is -2.37. The fraction of sp³-hybridized carbons (Fsp3) is 0.870. The van der Waals surface area contributed by atoms with Crippen molar-refractivity contribution >= 4 is 11.8 Å². The van der Waals surface area contributed by atoms with Crippen molar-refractivity contribution in [1.29, 1.82) is 0 Å². The Labute approximate surface area is 311 Å². The molecule has 4 nitrogen and oxygen atoms in total. The van der Waals surface area contributed by atoms with Gasteiger partial charge in [0, 0.05) is 24.9 Å². The van der Waals surface area contributed by atoms with E-state index < -0.39 is 0 Å². The third-order valence-corrected chi connectivity index (χ3v) is 12.1. The largest absolute Gasteiger partial charge is 0.350 e. The Hall–Kier alpha value is -1.58. The quantitative estimate of drug-likeness (QED) is 0.0560. The molecule has 2 aliphatic carbocycles. The molecule has 4 atom stereocenters. The Morgan fingerprint density at radius 3 is 1.16 bits per heavy atom. The Balaban J connectivity index is 1.80. The smallest absolute Gasteiger partial charge is 0.220 e. The van der Waals surface area contributed by atoms with E-state index in [1.54, 1.807) is 0 Å². The minimum Gasteiger partial charge on any atom is -0.350 e. The molecule has 2 N–H and O–H groups in total. The summed E-state index contributed by atoms with van der Waals surface area (Å²) in [5, 5.41) is 6.53. The Bertz CT molecular complexity index is 825. The molecule has 2 fully saturated rings. The van der Waals surface area contributed by atoms with Crippen LogP contribution in [0.25, 0.3) is 0 Å². The van der Waals surface area contributed by atoms with Gasteiger partial charge >= 0.3 is 0 Å². The van der Waals surface area contributed by atoms with Crippen LogP contribution in [0, 0.1) is 11.8 Å². The van der Waals surface area contributed by atoms with Crippen LogP contribution < -0.4 is 10.6 Å². The van der Waals surface area contributed by atoms with E-state index in [1.807, 2.05) is 0 Å². The van der Waals surface area contributed by atoms with Gasteiger partial charge in [0.2, 0.25) is 11.8 Å². The Morgan fingerprint density at radius 1 is 0.500 bits per heavy atom. The maximum atomic E-state index is 12.6. The van der Waals surface area contributed by atoms with E-state index in [2.05, 4.69) is 37.6 Å². The van der Waals surface area contributed by atoms with Crippen molar-refractivity contribution in [3.8, 4) is 0 Å². The first-order chi connectivity index (χ1) is 24.4. The first kappa shape index (κ1) is 44.6. The average Bonchev–Trinajstić information content (AvgIpc) is 3.11. The summed E-state index contributed by atoms with van der Waals surface area (Å²) in [6, 6.07) is 0.434. The standard InChI is InChI=1S/C46H84N2O2/c1-5-7-9-11-13-19-31-41(33-21-15-17-23-37-45(49)47-43-35-27-25-29-39(43)3)42(32-20-14-12-10-8-6-2)34-22-16-18-24-38-46(50)48-44-36-28-26-30-40(44)4/h41-44H,3-38H2,1-2H3,(H,47,49)(H,48,50)/t41?,42?,43-,44+. The van der Waals surface area contributed by atoms with Crippen molar-refractivity contribution in [1.82, 2.24) is 10.6 Å². The van der Waals surface area contributed by atoms with Crippen LogP contribution in [0.4, 0.5) is 0 Å². The Kier molecular flexibility index (Phi) is 26.7. The molecule has 2 amide bonds. The van der Waals surface area contributed by atoms with Gasteiger partial charge < -0.3 is 10.6 Å². The highest BCUT2D eigenvalue weighted by Crippen LogP contribution is 2.34. The zero-order valence-electron chi connectivity index (χ0n) is 33.6. The molecule has 2 unspecified atom stereocenters. The van der Waals surface area contributed by atoms with Crippen LogP contribution in [-0.4, -0.2) is 23.9 Å². The molecule has 0 heterocycles. The van der Waals surface area contributed by atoms with Crippen LogP contribution in [0.15, 0.2) is 24.3 Å². The lowest BCUT2D eigenvalue weighted by molar-refractivity contribution is -0.122. The summed E-state index contributed by atoms with van der Waals surface area (Å²) in [5.74, 6) is 2.17. The molecule has 50 heavy (non-hydrogen) atoms. The van der Waals surface area contributed by atoms with E-state index in [9.17, 15) is 9.59 Å². The van der Waals surface area contributed by atoms with Crippen molar-refractivity contribution in [3.05, 3.63) is 24.3 Å². The van der Waals surface area contributed by atoms with Gasteiger partial charge in [-0.1, -0.05) is 192 Å². The van der Waals surface area contributed by atoms with Gasteiger partial charge in [0.25, 0.3) is 0 Å². The minimum atomic E-state index is 0.217. The van der Waals surface area contributed by atoms with Crippen molar-refractivity contribution in [2.45, 2.75) is 244 Å². The molecule has 0 aliphatic heterocycles. The molecule has 0 aromatic rings. The summed E-state index contributed by atoms with van der Waals surface area (Å²) in [7, 11) is 0. The van der Waals surface area contributed by atoms with E-state index in [4.69, 9.17) is 0 Å². The van der Waals surface area contributed by atoms with Gasteiger partial charge in [-0.3, -0.25) is 9.59 Å². The molecule has 2 saturated carbocycles. The predicted molar refractivity (Wildman–Crippen MR) is 217 cm³/mol. The van der Waals surface area contributed by atoms with Crippen LogP contribution in [0.5, 0.6) is 0 Å². The first-order valence-corrected chi connectivity index (χ1v) is 22.4. The zero-order chi connectivity index (χ0) is 36.1. The normalized spacial score (nSPS) is 19.3. The summed E-state index contributed by atoms with van der Waals surface area (Å²) in [4.78, 5) is 25.2. The summed E-state index contributed by atoms with van der Waals surface area (Å²) >= 11 is 0. The number of carbonyl (C=O) groups excluding carboxylic acids is 2. The summed E-state index contributed by atoms with van der Waals surface area (Å²) in [5.41, 5.74) is 2.45.